The third kappa shape index (κ3) is 3.32. The Bertz CT molecular complexity index is 1390. The van der Waals surface area contributed by atoms with E-state index in [1.165, 1.54) is 33.0 Å². The van der Waals surface area contributed by atoms with Gasteiger partial charge in [-0.25, -0.2) is 0 Å². The average molecular weight is 399 g/mol. The molecule has 0 saturated heterocycles. The SMILES string of the molecule is c1ccc(Nc2ccc(Nc3ccc4c(c3)-c3c(ccc5ccccc35)C4)cc2)cc1. The van der Waals surface area contributed by atoms with Crippen molar-refractivity contribution in [3.8, 4) is 11.1 Å². The molecule has 0 unspecified atom stereocenters. The summed E-state index contributed by atoms with van der Waals surface area (Å²) in [6.07, 6.45) is 1.01. The fourth-order valence-electron chi connectivity index (χ4n) is 4.52. The minimum Gasteiger partial charge on any atom is -0.356 e. The lowest BCUT2D eigenvalue weighted by Gasteiger charge is -2.12. The van der Waals surface area contributed by atoms with E-state index < -0.39 is 0 Å². The summed E-state index contributed by atoms with van der Waals surface area (Å²) in [5.41, 5.74) is 9.91. The molecule has 0 radical (unpaired) electrons. The van der Waals surface area contributed by atoms with Crippen LogP contribution in [0, 0.1) is 0 Å². The van der Waals surface area contributed by atoms with E-state index in [4.69, 9.17) is 0 Å². The van der Waals surface area contributed by atoms with Gasteiger partial charge in [-0.2, -0.15) is 0 Å². The fraction of sp³-hybridized carbons (Fsp3) is 0.0345. The monoisotopic (exact) mass is 398 g/mol. The number of nitrogens with one attached hydrogen (secondary N) is 2. The van der Waals surface area contributed by atoms with E-state index in [-0.39, 0.29) is 0 Å². The van der Waals surface area contributed by atoms with Crippen LogP contribution in [0.2, 0.25) is 0 Å². The highest BCUT2D eigenvalue weighted by Gasteiger charge is 2.20. The van der Waals surface area contributed by atoms with Gasteiger partial charge in [0, 0.05) is 22.7 Å². The minimum absolute atomic E-state index is 1.01. The standard InChI is InChI=1S/C29H22N2/c1-2-7-23(8-3-1)30-24-14-16-25(17-15-24)31-26-13-12-21-18-22-11-10-20-6-4-5-9-27(20)29(22)28(21)19-26/h1-17,19,30-31H,18H2. The molecule has 0 bridgehead atoms. The number of hydrogen-bond acceptors (Lipinski definition) is 2. The highest BCUT2D eigenvalue weighted by molar-refractivity contribution is 6.01. The first-order valence-corrected chi connectivity index (χ1v) is 10.7. The molecule has 0 spiro atoms. The van der Waals surface area contributed by atoms with Crippen molar-refractivity contribution in [2.45, 2.75) is 6.42 Å². The van der Waals surface area contributed by atoms with Crippen molar-refractivity contribution >= 4 is 33.5 Å². The zero-order chi connectivity index (χ0) is 20.6. The quantitative estimate of drug-likeness (QED) is 0.315. The topological polar surface area (TPSA) is 24.1 Å². The Kier molecular flexibility index (Phi) is 4.21. The number of rotatable bonds is 4. The summed E-state index contributed by atoms with van der Waals surface area (Å²) < 4.78 is 0. The van der Waals surface area contributed by atoms with E-state index >= 15 is 0 Å². The summed E-state index contributed by atoms with van der Waals surface area (Å²) in [5, 5.41) is 9.64. The van der Waals surface area contributed by atoms with E-state index in [2.05, 4.69) is 102 Å². The first-order chi connectivity index (χ1) is 15.3. The van der Waals surface area contributed by atoms with Crippen LogP contribution >= 0.6 is 0 Å². The first kappa shape index (κ1) is 17.8. The van der Waals surface area contributed by atoms with Gasteiger partial charge in [-0.05, 0) is 88.0 Å². The first-order valence-electron chi connectivity index (χ1n) is 10.7. The summed E-state index contributed by atoms with van der Waals surface area (Å²) in [4.78, 5) is 0. The van der Waals surface area contributed by atoms with Crippen molar-refractivity contribution in [3.05, 3.63) is 120 Å². The second-order valence-corrected chi connectivity index (χ2v) is 8.06. The molecular weight excluding hydrogens is 376 g/mol. The predicted octanol–water partition coefficient (Wildman–Crippen LogP) is 7.90. The van der Waals surface area contributed by atoms with Crippen LogP contribution in [0.25, 0.3) is 21.9 Å². The number of hydrogen-bond donors (Lipinski definition) is 2. The molecular formula is C29H22N2. The van der Waals surface area contributed by atoms with Gasteiger partial charge in [0.25, 0.3) is 0 Å². The van der Waals surface area contributed by atoms with Crippen molar-refractivity contribution in [1.82, 2.24) is 0 Å². The Labute approximate surface area is 182 Å². The normalized spacial score (nSPS) is 11.7. The van der Waals surface area contributed by atoms with Gasteiger partial charge in [0.2, 0.25) is 0 Å². The second kappa shape index (κ2) is 7.33. The van der Waals surface area contributed by atoms with Crippen molar-refractivity contribution in [2.75, 3.05) is 10.6 Å². The molecule has 0 aromatic heterocycles. The molecule has 2 heteroatoms. The molecule has 1 aliphatic rings. The second-order valence-electron chi connectivity index (χ2n) is 8.06. The maximum absolute atomic E-state index is 3.58. The lowest BCUT2D eigenvalue weighted by atomic mass is 9.98. The highest BCUT2D eigenvalue weighted by Crippen LogP contribution is 2.42. The summed E-state index contributed by atoms with van der Waals surface area (Å²) in [6, 6.07) is 38.6. The molecule has 0 atom stereocenters. The number of fused-ring (bicyclic) bond motifs is 5. The third-order valence-corrected chi connectivity index (χ3v) is 6.01. The maximum atomic E-state index is 3.58. The van der Waals surface area contributed by atoms with Gasteiger partial charge in [0.15, 0.2) is 0 Å². The molecule has 2 N–H and O–H groups in total. The largest absolute Gasteiger partial charge is 0.356 e. The van der Waals surface area contributed by atoms with Crippen molar-refractivity contribution in [1.29, 1.82) is 0 Å². The van der Waals surface area contributed by atoms with Crippen molar-refractivity contribution in [2.24, 2.45) is 0 Å². The van der Waals surface area contributed by atoms with E-state index in [9.17, 15) is 0 Å². The molecule has 6 rings (SSSR count). The molecule has 148 valence electrons. The van der Waals surface area contributed by atoms with E-state index in [0.717, 1.165) is 29.2 Å². The lowest BCUT2D eigenvalue weighted by molar-refractivity contribution is 1.27. The zero-order valence-corrected chi connectivity index (χ0v) is 17.1. The van der Waals surface area contributed by atoms with Gasteiger partial charge < -0.3 is 10.6 Å². The Morgan fingerprint density at radius 1 is 0.484 bits per heavy atom. The average Bonchev–Trinajstić information content (AvgIpc) is 3.19. The van der Waals surface area contributed by atoms with Crippen molar-refractivity contribution in [3.63, 3.8) is 0 Å². The van der Waals surface area contributed by atoms with Crippen LogP contribution in [0.1, 0.15) is 11.1 Å². The van der Waals surface area contributed by atoms with E-state index in [1.807, 2.05) is 18.2 Å². The Balaban J connectivity index is 1.28. The molecule has 0 fully saturated rings. The van der Waals surface area contributed by atoms with Crippen LogP contribution in [-0.2, 0) is 6.42 Å². The fourth-order valence-corrected chi connectivity index (χ4v) is 4.52. The molecule has 0 aliphatic heterocycles. The molecule has 31 heavy (non-hydrogen) atoms. The molecule has 0 saturated carbocycles. The van der Waals surface area contributed by atoms with Gasteiger partial charge in [-0.1, -0.05) is 60.7 Å². The Morgan fingerprint density at radius 3 is 1.90 bits per heavy atom. The predicted molar refractivity (Wildman–Crippen MR) is 132 cm³/mol. The van der Waals surface area contributed by atoms with Crippen LogP contribution in [0.4, 0.5) is 22.7 Å². The van der Waals surface area contributed by atoms with Gasteiger partial charge in [0.05, 0.1) is 0 Å². The van der Waals surface area contributed by atoms with Gasteiger partial charge in [-0.15, -0.1) is 0 Å². The smallest absolute Gasteiger partial charge is 0.0390 e. The maximum Gasteiger partial charge on any atom is 0.0390 e. The molecule has 0 heterocycles. The van der Waals surface area contributed by atoms with E-state index in [0.29, 0.717) is 0 Å². The Hall–Kier alpha value is -4.04. The third-order valence-electron chi connectivity index (χ3n) is 6.01. The van der Waals surface area contributed by atoms with E-state index in [1.54, 1.807) is 0 Å². The number of anilines is 4. The molecule has 5 aromatic rings. The minimum atomic E-state index is 1.01. The van der Waals surface area contributed by atoms with Crippen LogP contribution in [0.5, 0.6) is 0 Å². The van der Waals surface area contributed by atoms with Crippen LogP contribution in [0.15, 0.2) is 109 Å². The molecule has 1 aliphatic carbocycles. The number of para-hydroxylation sites is 1. The van der Waals surface area contributed by atoms with Crippen LogP contribution < -0.4 is 10.6 Å². The van der Waals surface area contributed by atoms with Gasteiger partial charge >= 0.3 is 0 Å². The Morgan fingerprint density at radius 2 is 1.10 bits per heavy atom. The zero-order valence-electron chi connectivity index (χ0n) is 17.1. The summed E-state index contributed by atoms with van der Waals surface area (Å²) in [5.74, 6) is 0. The molecule has 2 nitrogen and oxygen atoms in total. The lowest BCUT2D eigenvalue weighted by Crippen LogP contribution is -1.93. The van der Waals surface area contributed by atoms with Gasteiger partial charge in [0.1, 0.15) is 0 Å². The summed E-state index contributed by atoms with van der Waals surface area (Å²) in [6.45, 7) is 0. The van der Waals surface area contributed by atoms with Crippen LogP contribution in [0.3, 0.4) is 0 Å². The summed E-state index contributed by atoms with van der Waals surface area (Å²) in [7, 11) is 0. The van der Waals surface area contributed by atoms with Crippen LogP contribution in [-0.4, -0.2) is 0 Å². The van der Waals surface area contributed by atoms with Gasteiger partial charge in [-0.3, -0.25) is 0 Å². The van der Waals surface area contributed by atoms with Crippen molar-refractivity contribution < 1.29 is 0 Å². The molecule has 0 amide bonds. The summed E-state index contributed by atoms with van der Waals surface area (Å²) >= 11 is 0. The highest BCUT2D eigenvalue weighted by atomic mass is 14.9. The number of benzene rings is 5. The molecule has 5 aromatic carbocycles.